The van der Waals surface area contributed by atoms with Gasteiger partial charge < -0.3 is 10.4 Å². The van der Waals surface area contributed by atoms with Gasteiger partial charge in [0.25, 0.3) is 5.91 Å². The number of nitrogens with zero attached hydrogens (tertiary/aromatic N) is 1. The lowest BCUT2D eigenvalue weighted by Crippen LogP contribution is -2.49. The summed E-state index contributed by atoms with van der Waals surface area (Å²) in [5.74, 6) is 0.446. The molecular weight excluding hydrogens is 300 g/mol. The predicted octanol–water partition coefficient (Wildman–Crippen LogP) is 1.24. The van der Waals surface area contributed by atoms with Crippen LogP contribution < -0.4 is 5.32 Å². The highest BCUT2D eigenvalue weighted by molar-refractivity contribution is 9.09. The van der Waals surface area contributed by atoms with Crippen molar-refractivity contribution in [2.75, 3.05) is 11.9 Å². The molecule has 2 aliphatic rings. The number of nitrogens with one attached hydrogen (secondary N) is 1. The van der Waals surface area contributed by atoms with E-state index in [4.69, 9.17) is 0 Å². The molecule has 1 atom stereocenters. The van der Waals surface area contributed by atoms with E-state index < -0.39 is 11.6 Å². The van der Waals surface area contributed by atoms with Crippen LogP contribution >= 0.6 is 15.9 Å². The van der Waals surface area contributed by atoms with Gasteiger partial charge >= 0.3 is 6.03 Å². The van der Waals surface area contributed by atoms with Crippen molar-refractivity contribution < 1.29 is 14.7 Å². The maximum Gasteiger partial charge on any atom is 0.325 e. The van der Waals surface area contributed by atoms with Gasteiger partial charge in [-0.1, -0.05) is 22.9 Å². The molecule has 0 aromatic rings. The Morgan fingerprint density at radius 3 is 2.67 bits per heavy atom. The van der Waals surface area contributed by atoms with Gasteiger partial charge in [0.15, 0.2) is 0 Å². The van der Waals surface area contributed by atoms with Crippen LogP contribution in [0.1, 0.15) is 32.6 Å². The molecule has 6 heteroatoms. The highest BCUT2D eigenvalue weighted by Crippen LogP contribution is 2.36. The monoisotopic (exact) mass is 318 g/mol. The summed E-state index contributed by atoms with van der Waals surface area (Å²) < 4.78 is 0. The van der Waals surface area contributed by atoms with Gasteiger partial charge in [0.05, 0.1) is 12.6 Å². The van der Waals surface area contributed by atoms with Crippen molar-refractivity contribution in [3.63, 3.8) is 0 Å². The molecule has 2 N–H and O–H groups in total. The molecule has 1 aliphatic carbocycles. The fourth-order valence-electron chi connectivity index (χ4n) is 2.70. The molecule has 1 aliphatic heterocycles. The molecule has 0 aromatic heterocycles. The number of halogens is 1. The van der Waals surface area contributed by atoms with E-state index in [1.165, 1.54) is 0 Å². The Morgan fingerprint density at radius 1 is 1.50 bits per heavy atom. The number of β-amino-alcohol motifs (C(OH)–C–C–N with tert-alkyl or cyclic N) is 1. The molecule has 1 unspecified atom stereocenters. The quantitative estimate of drug-likeness (QED) is 0.607. The van der Waals surface area contributed by atoms with Crippen molar-refractivity contribution >= 4 is 27.9 Å². The maximum atomic E-state index is 12.4. The first-order valence-electron chi connectivity index (χ1n) is 6.36. The lowest BCUT2D eigenvalue weighted by Gasteiger charge is -2.33. The standard InChI is InChI=1S/C12H19BrN2O3/c1-8-2-4-12(5-3-8)10(17)15(11(18)14-12)7-9(16)6-13/h8-9,16H,2-7H2,1H3,(H,14,18). The highest BCUT2D eigenvalue weighted by atomic mass is 79.9. The van der Waals surface area contributed by atoms with E-state index in [2.05, 4.69) is 28.2 Å². The zero-order valence-electron chi connectivity index (χ0n) is 10.5. The Morgan fingerprint density at radius 2 is 2.11 bits per heavy atom. The molecule has 3 amide bonds. The summed E-state index contributed by atoms with van der Waals surface area (Å²) in [6.07, 6.45) is 2.62. The van der Waals surface area contributed by atoms with E-state index in [1.807, 2.05) is 0 Å². The summed E-state index contributed by atoms with van der Waals surface area (Å²) in [5.41, 5.74) is -0.699. The Labute approximate surface area is 115 Å². The summed E-state index contributed by atoms with van der Waals surface area (Å²) in [7, 11) is 0. The number of alkyl halides is 1. The van der Waals surface area contributed by atoms with E-state index in [0.29, 0.717) is 24.1 Å². The zero-order chi connectivity index (χ0) is 13.3. The SMILES string of the molecule is CC1CCC2(CC1)NC(=O)N(CC(O)CBr)C2=O. The van der Waals surface area contributed by atoms with Gasteiger partial charge in [-0.2, -0.15) is 0 Å². The number of rotatable bonds is 3. The fraction of sp³-hybridized carbons (Fsp3) is 0.833. The van der Waals surface area contributed by atoms with Crippen LogP contribution in [0.3, 0.4) is 0 Å². The molecule has 102 valence electrons. The number of imide groups is 1. The first kappa shape index (κ1) is 13.8. The maximum absolute atomic E-state index is 12.4. The van der Waals surface area contributed by atoms with Gasteiger partial charge in [-0.15, -0.1) is 0 Å². The van der Waals surface area contributed by atoms with Crippen molar-refractivity contribution in [3.8, 4) is 0 Å². The van der Waals surface area contributed by atoms with Crippen LogP contribution in [0.5, 0.6) is 0 Å². The van der Waals surface area contributed by atoms with Crippen LogP contribution in [0.25, 0.3) is 0 Å². The summed E-state index contributed by atoms with van der Waals surface area (Å²) in [4.78, 5) is 25.4. The minimum Gasteiger partial charge on any atom is -0.390 e. The Bertz CT molecular complexity index is 353. The second-order valence-electron chi connectivity index (χ2n) is 5.42. The van der Waals surface area contributed by atoms with Crippen LogP contribution in [-0.2, 0) is 4.79 Å². The number of carbonyl (C=O) groups is 2. The van der Waals surface area contributed by atoms with E-state index in [-0.39, 0.29) is 18.5 Å². The van der Waals surface area contributed by atoms with Crippen LogP contribution in [0.2, 0.25) is 0 Å². The van der Waals surface area contributed by atoms with E-state index in [1.54, 1.807) is 0 Å². The van der Waals surface area contributed by atoms with Crippen molar-refractivity contribution in [3.05, 3.63) is 0 Å². The number of urea groups is 1. The molecule has 2 fully saturated rings. The third-order valence-electron chi connectivity index (χ3n) is 3.95. The van der Waals surface area contributed by atoms with E-state index in [9.17, 15) is 14.7 Å². The number of aliphatic hydroxyl groups excluding tert-OH is 1. The summed E-state index contributed by atoms with van der Waals surface area (Å²) in [6, 6.07) is -0.366. The minimum absolute atomic E-state index is 0.0627. The third kappa shape index (κ3) is 2.40. The van der Waals surface area contributed by atoms with Crippen LogP contribution in [-0.4, -0.2) is 45.5 Å². The molecule has 0 radical (unpaired) electrons. The summed E-state index contributed by atoms with van der Waals surface area (Å²) >= 11 is 3.14. The van der Waals surface area contributed by atoms with Crippen molar-refractivity contribution in [1.29, 1.82) is 0 Å². The predicted molar refractivity (Wildman–Crippen MR) is 70.4 cm³/mol. The molecular formula is C12H19BrN2O3. The first-order chi connectivity index (χ1) is 8.48. The molecule has 1 heterocycles. The zero-order valence-corrected chi connectivity index (χ0v) is 12.1. The van der Waals surface area contributed by atoms with E-state index in [0.717, 1.165) is 17.7 Å². The average Bonchev–Trinajstić information content (AvgIpc) is 2.58. The average molecular weight is 319 g/mol. The Hall–Kier alpha value is -0.620. The second-order valence-corrected chi connectivity index (χ2v) is 6.07. The van der Waals surface area contributed by atoms with Crippen LogP contribution in [0.4, 0.5) is 4.79 Å². The number of hydrogen-bond donors (Lipinski definition) is 2. The molecule has 5 nitrogen and oxygen atoms in total. The van der Waals surface area contributed by atoms with Crippen molar-refractivity contribution in [2.45, 2.75) is 44.2 Å². The largest absolute Gasteiger partial charge is 0.390 e. The van der Waals surface area contributed by atoms with Gasteiger partial charge in [0, 0.05) is 5.33 Å². The second kappa shape index (κ2) is 5.17. The minimum atomic E-state index is -0.711. The molecule has 0 bridgehead atoms. The number of amides is 3. The molecule has 1 saturated carbocycles. The molecule has 2 rings (SSSR count). The van der Waals surface area contributed by atoms with Gasteiger partial charge in [0.1, 0.15) is 5.54 Å². The van der Waals surface area contributed by atoms with Gasteiger partial charge in [-0.3, -0.25) is 9.69 Å². The molecule has 0 aromatic carbocycles. The normalized spacial score (nSPS) is 33.9. The van der Waals surface area contributed by atoms with Gasteiger partial charge in [0.2, 0.25) is 0 Å². The number of aliphatic hydroxyl groups is 1. The number of carbonyl (C=O) groups excluding carboxylic acids is 2. The smallest absolute Gasteiger partial charge is 0.325 e. The first-order valence-corrected chi connectivity index (χ1v) is 7.49. The van der Waals surface area contributed by atoms with Gasteiger partial charge in [-0.25, -0.2) is 4.79 Å². The third-order valence-corrected chi connectivity index (χ3v) is 4.69. The lowest BCUT2D eigenvalue weighted by atomic mass is 9.77. The van der Waals surface area contributed by atoms with Crippen molar-refractivity contribution in [1.82, 2.24) is 10.2 Å². The lowest BCUT2D eigenvalue weighted by molar-refractivity contribution is -0.133. The van der Waals surface area contributed by atoms with E-state index >= 15 is 0 Å². The highest BCUT2D eigenvalue weighted by Gasteiger charge is 2.52. The van der Waals surface area contributed by atoms with Crippen molar-refractivity contribution in [2.24, 2.45) is 5.92 Å². The number of hydrogen-bond acceptors (Lipinski definition) is 3. The molecule has 18 heavy (non-hydrogen) atoms. The van der Waals surface area contributed by atoms with Crippen LogP contribution in [0.15, 0.2) is 0 Å². The summed E-state index contributed by atoms with van der Waals surface area (Å²) in [6.45, 7) is 2.23. The van der Waals surface area contributed by atoms with Gasteiger partial charge in [-0.05, 0) is 31.6 Å². The summed E-state index contributed by atoms with van der Waals surface area (Å²) in [5, 5.41) is 12.7. The topological polar surface area (TPSA) is 69.6 Å². The Balaban J connectivity index is 2.09. The molecule has 1 spiro atoms. The van der Waals surface area contributed by atoms with Crippen LogP contribution in [0, 0.1) is 5.92 Å². The Kier molecular flexibility index (Phi) is 3.96. The molecule has 1 saturated heterocycles. The fourth-order valence-corrected chi connectivity index (χ4v) is 2.90.